The van der Waals surface area contributed by atoms with Gasteiger partial charge in [-0.2, -0.15) is 13.2 Å². The molecule has 0 fully saturated rings. The van der Waals surface area contributed by atoms with E-state index in [-0.39, 0.29) is 4.88 Å². The minimum Gasteiger partial charge on any atom is -0.477 e. The van der Waals surface area contributed by atoms with E-state index in [1.807, 2.05) is 0 Å². The van der Waals surface area contributed by atoms with Crippen molar-refractivity contribution in [1.29, 1.82) is 0 Å². The quantitative estimate of drug-likeness (QED) is 0.739. The van der Waals surface area contributed by atoms with Crippen LogP contribution >= 0.6 is 11.3 Å². The van der Waals surface area contributed by atoms with Gasteiger partial charge < -0.3 is 10.2 Å². The molecule has 0 radical (unpaired) electrons. The summed E-state index contributed by atoms with van der Waals surface area (Å²) in [6.07, 6.45) is -7.77. The van der Waals surface area contributed by atoms with Crippen LogP contribution in [0.1, 0.15) is 9.67 Å². The third-order valence-corrected chi connectivity index (χ3v) is 4.89. The lowest BCUT2D eigenvalue weighted by Gasteiger charge is -2.14. The summed E-state index contributed by atoms with van der Waals surface area (Å²) in [6, 6.07) is 1.97. The van der Waals surface area contributed by atoms with Crippen molar-refractivity contribution in [3.63, 3.8) is 0 Å². The molecule has 0 aliphatic rings. The number of carboxylic acid groups (broad SMARTS) is 1. The van der Waals surface area contributed by atoms with Crippen molar-refractivity contribution in [2.24, 2.45) is 0 Å². The second-order valence-corrected chi connectivity index (χ2v) is 6.41. The van der Waals surface area contributed by atoms with Gasteiger partial charge in [-0.05, 0) is 12.1 Å². The van der Waals surface area contributed by atoms with Gasteiger partial charge in [-0.1, -0.05) is 0 Å². The van der Waals surface area contributed by atoms with Crippen molar-refractivity contribution >= 4 is 27.3 Å². The van der Waals surface area contributed by atoms with Crippen LogP contribution < -0.4 is 4.72 Å². The third kappa shape index (κ3) is 4.16. The van der Waals surface area contributed by atoms with Crippen LogP contribution in [-0.2, 0) is 10.0 Å². The van der Waals surface area contributed by atoms with Crippen molar-refractivity contribution in [1.82, 2.24) is 4.72 Å². The van der Waals surface area contributed by atoms with Crippen LogP contribution in [0.4, 0.5) is 13.2 Å². The number of aromatic carboxylic acids is 1. The predicted molar refractivity (Wildman–Crippen MR) is 58.5 cm³/mol. The number of hydrogen-bond donors (Lipinski definition) is 3. The summed E-state index contributed by atoms with van der Waals surface area (Å²) in [5.41, 5.74) is 0. The van der Waals surface area contributed by atoms with Crippen molar-refractivity contribution in [3.05, 3.63) is 17.0 Å². The summed E-state index contributed by atoms with van der Waals surface area (Å²) in [5.74, 6) is -1.35. The molecule has 0 spiro atoms. The number of rotatable bonds is 5. The normalized spacial score (nSPS) is 14.3. The maximum Gasteiger partial charge on any atom is 0.415 e. The number of carbonyl (C=O) groups is 1. The Morgan fingerprint density at radius 2 is 2.00 bits per heavy atom. The van der Waals surface area contributed by atoms with Crippen LogP contribution in [0.5, 0.6) is 0 Å². The smallest absolute Gasteiger partial charge is 0.415 e. The molecule has 1 aromatic rings. The van der Waals surface area contributed by atoms with Gasteiger partial charge in [0, 0.05) is 6.54 Å². The molecule has 6 nitrogen and oxygen atoms in total. The number of nitrogens with one attached hydrogen (secondary N) is 1. The summed E-state index contributed by atoms with van der Waals surface area (Å²) in [4.78, 5) is 10.3. The van der Waals surface area contributed by atoms with Crippen LogP contribution in [0.2, 0.25) is 0 Å². The van der Waals surface area contributed by atoms with E-state index in [1.165, 1.54) is 0 Å². The molecule has 1 heterocycles. The van der Waals surface area contributed by atoms with Crippen molar-refractivity contribution < 1.29 is 36.6 Å². The van der Waals surface area contributed by atoms with E-state index in [0.29, 0.717) is 11.3 Å². The molecule has 1 atom stereocenters. The first-order valence-electron chi connectivity index (χ1n) is 4.61. The average molecular weight is 319 g/mol. The van der Waals surface area contributed by atoms with E-state index in [4.69, 9.17) is 10.2 Å². The molecule has 0 saturated carbocycles. The number of alkyl halides is 3. The van der Waals surface area contributed by atoms with Gasteiger partial charge in [0.25, 0.3) is 0 Å². The molecule has 1 aromatic heterocycles. The second kappa shape index (κ2) is 5.45. The molecule has 11 heteroatoms. The number of carboxylic acids is 1. The Morgan fingerprint density at radius 1 is 1.42 bits per heavy atom. The van der Waals surface area contributed by atoms with E-state index < -0.39 is 39.0 Å². The highest BCUT2D eigenvalue weighted by Gasteiger charge is 2.38. The first-order chi connectivity index (χ1) is 8.54. The van der Waals surface area contributed by atoms with Crippen LogP contribution in [0.25, 0.3) is 0 Å². The Labute approximate surface area is 109 Å². The SMILES string of the molecule is O=C(O)c1ccc(S(=O)(=O)NCC(O)C(F)(F)F)s1. The molecular formula is C8H8F3NO5S2. The fourth-order valence-electron chi connectivity index (χ4n) is 0.955. The van der Waals surface area contributed by atoms with Crippen LogP contribution in [0.15, 0.2) is 16.3 Å². The van der Waals surface area contributed by atoms with Gasteiger partial charge in [0.15, 0.2) is 6.10 Å². The molecule has 19 heavy (non-hydrogen) atoms. The molecule has 0 bridgehead atoms. The van der Waals surface area contributed by atoms with Gasteiger partial charge in [-0.3, -0.25) is 0 Å². The molecule has 108 valence electrons. The number of sulfonamides is 1. The lowest BCUT2D eigenvalue weighted by atomic mass is 10.4. The standard InChI is InChI=1S/C8H8F3NO5S2/c9-8(10,11)5(13)3-12-19(16,17)6-2-1-4(18-6)7(14)15/h1-2,5,12-13H,3H2,(H,14,15). The lowest BCUT2D eigenvalue weighted by molar-refractivity contribution is -0.200. The predicted octanol–water partition coefficient (Wildman–Crippen LogP) is 0.648. The highest BCUT2D eigenvalue weighted by molar-refractivity contribution is 7.91. The highest BCUT2D eigenvalue weighted by atomic mass is 32.2. The number of hydrogen-bond acceptors (Lipinski definition) is 5. The van der Waals surface area contributed by atoms with E-state index >= 15 is 0 Å². The van der Waals surface area contributed by atoms with E-state index in [1.54, 1.807) is 4.72 Å². The van der Waals surface area contributed by atoms with Gasteiger partial charge in [-0.15, -0.1) is 11.3 Å². The molecule has 1 unspecified atom stereocenters. The summed E-state index contributed by atoms with van der Waals surface area (Å²) < 4.78 is 60.1. The zero-order chi connectivity index (χ0) is 14.8. The average Bonchev–Trinajstić information content (AvgIpc) is 2.74. The van der Waals surface area contributed by atoms with E-state index in [0.717, 1.165) is 12.1 Å². The largest absolute Gasteiger partial charge is 0.477 e. The van der Waals surface area contributed by atoms with Gasteiger partial charge in [0.2, 0.25) is 10.0 Å². The molecule has 0 saturated heterocycles. The zero-order valence-electron chi connectivity index (χ0n) is 9.01. The summed E-state index contributed by atoms with van der Waals surface area (Å²) in [5, 5.41) is 17.2. The molecule has 0 amide bonds. The second-order valence-electron chi connectivity index (χ2n) is 3.33. The Balaban J connectivity index is 2.79. The maximum absolute atomic E-state index is 12.0. The summed E-state index contributed by atoms with van der Waals surface area (Å²) in [6.45, 7) is -1.24. The van der Waals surface area contributed by atoms with E-state index in [9.17, 15) is 26.4 Å². The van der Waals surface area contributed by atoms with Gasteiger partial charge in [-0.25, -0.2) is 17.9 Å². The summed E-state index contributed by atoms with van der Waals surface area (Å²) in [7, 11) is -4.28. The van der Waals surface area contributed by atoms with Gasteiger partial charge >= 0.3 is 12.1 Å². The highest BCUT2D eigenvalue weighted by Crippen LogP contribution is 2.23. The molecule has 0 aromatic carbocycles. The minimum atomic E-state index is -4.94. The Hall–Kier alpha value is -1.17. The van der Waals surface area contributed by atoms with Crippen molar-refractivity contribution in [3.8, 4) is 0 Å². The lowest BCUT2D eigenvalue weighted by Crippen LogP contribution is -2.40. The van der Waals surface area contributed by atoms with Gasteiger partial charge in [0.1, 0.15) is 9.09 Å². The topological polar surface area (TPSA) is 104 Å². The third-order valence-electron chi connectivity index (χ3n) is 1.90. The molecule has 0 aliphatic heterocycles. The molecule has 0 aliphatic carbocycles. The maximum atomic E-state index is 12.0. The van der Waals surface area contributed by atoms with Crippen molar-refractivity contribution in [2.45, 2.75) is 16.5 Å². The Kier molecular flexibility index (Phi) is 4.55. The fraction of sp³-hybridized carbons (Fsp3) is 0.375. The molecule has 3 N–H and O–H groups in total. The molecular weight excluding hydrogens is 311 g/mol. The zero-order valence-corrected chi connectivity index (χ0v) is 10.6. The fourth-order valence-corrected chi connectivity index (χ4v) is 3.18. The number of aliphatic hydroxyl groups is 1. The van der Waals surface area contributed by atoms with E-state index in [2.05, 4.69) is 0 Å². The molecule has 1 rings (SSSR count). The number of thiophene rings is 1. The van der Waals surface area contributed by atoms with Crippen LogP contribution in [0.3, 0.4) is 0 Å². The van der Waals surface area contributed by atoms with Crippen LogP contribution in [-0.4, -0.2) is 43.4 Å². The first-order valence-corrected chi connectivity index (χ1v) is 6.91. The Morgan fingerprint density at radius 3 is 2.42 bits per heavy atom. The minimum absolute atomic E-state index is 0.267. The Bertz CT molecular complexity index is 565. The summed E-state index contributed by atoms with van der Waals surface area (Å²) >= 11 is 0.394. The van der Waals surface area contributed by atoms with Crippen LogP contribution in [0, 0.1) is 0 Å². The number of aliphatic hydroxyl groups excluding tert-OH is 1. The van der Waals surface area contributed by atoms with Gasteiger partial charge in [0.05, 0.1) is 0 Å². The van der Waals surface area contributed by atoms with Crippen molar-refractivity contribution in [2.75, 3.05) is 6.54 Å². The first kappa shape index (κ1) is 15.9. The monoisotopic (exact) mass is 319 g/mol. The number of halogens is 3.